The standard InChI is InChI=1S/C19H22N4/c1-2-5-16(6-3-1)9-13-22-12-4-7-17(15-22)18-8-10-20-19-21-11-14-23(18)19/h1-3,5-6,8,10-11,14,17H,4,7,9,12-13,15H2/t17-/m1/s1. The van der Waals surface area contributed by atoms with E-state index in [1.54, 1.807) is 0 Å². The van der Waals surface area contributed by atoms with Crippen molar-refractivity contribution in [3.63, 3.8) is 0 Å². The van der Waals surface area contributed by atoms with Crippen molar-refractivity contribution in [1.29, 1.82) is 0 Å². The normalized spacial score (nSPS) is 19.2. The number of hydrogen-bond donors (Lipinski definition) is 0. The molecule has 4 heteroatoms. The number of nitrogens with zero attached hydrogens (tertiary/aromatic N) is 4. The summed E-state index contributed by atoms with van der Waals surface area (Å²) in [5.74, 6) is 1.38. The molecule has 1 aliphatic rings. The molecule has 0 bridgehead atoms. The molecule has 0 aliphatic carbocycles. The summed E-state index contributed by atoms with van der Waals surface area (Å²) in [6.07, 6.45) is 9.39. The molecule has 0 saturated carbocycles. The molecular formula is C19H22N4. The number of likely N-dealkylation sites (tertiary alicyclic amines) is 1. The van der Waals surface area contributed by atoms with E-state index in [0.717, 1.165) is 25.3 Å². The summed E-state index contributed by atoms with van der Waals surface area (Å²) in [5, 5.41) is 0. The van der Waals surface area contributed by atoms with Crippen LogP contribution in [0.15, 0.2) is 55.0 Å². The fourth-order valence-electron chi connectivity index (χ4n) is 3.62. The van der Waals surface area contributed by atoms with Gasteiger partial charge in [0, 0.05) is 43.3 Å². The summed E-state index contributed by atoms with van der Waals surface area (Å²) in [6, 6.07) is 12.9. The van der Waals surface area contributed by atoms with Crippen molar-refractivity contribution >= 4 is 5.78 Å². The Balaban J connectivity index is 1.46. The minimum absolute atomic E-state index is 0.569. The molecule has 3 heterocycles. The Kier molecular flexibility index (Phi) is 4.07. The third-order valence-corrected chi connectivity index (χ3v) is 4.82. The van der Waals surface area contributed by atoms with Crippen LogP contribution in [-0.4, -0.2) is 38.9 Å². The average Bonchev–Trinajstić information content (AvgIpc) is 3.10. The van der Waals surface area contributed by atoms with E-state index in [-0.39, 0.29) is 0 Å². The van der Waals surface area contributed by atoms with Crippen molar-refractivity contribution < 1.29 is 0 Å². The van der Waals surface area contributed by atoms with Crippen molar-refractivity contribution in [2.75, 3.05) is 19.6 Å². The monoisotopic (exact) mass is 306 g/mol. The second kappa shape index (κ2) is 6.50. The molecular weight excluding hydrogens is 284 g/mol. The SMILES string of the molecule is c1ccc(CCN2CCC[C@@H](c3ccnc4nccn34)C2)cc1. The predicted molar refractivity (Wildman–Crippen MR) is 91.5 cm³/mol. The number of hydrogen-bond acceptors (Lipinski definition) is 3. The van der Waals surface area contributed by atoms with E-state index in [4.69, 9.17) is 0 Å². The first-order valence-electron chi connectivity index (χ1n) is 8.44. The van der Waals surface area contributed by atoms with E-state index in [1.165, 1.54) is 30.6 Å². The Morgan fingerprint density at radius 1 is 1.04 bits per heavy atom. The highest BCUT2D eigenvalue weighted by Gasteiger charge is 2.23. The predicted octanol–water partition coefficient (Wildman–Crippen LogP) is 3.15. The van der Waals surface area contributed by atoms with Crippen LogP contribution in [0.3, 0.4) is 0 Å². The topological polar surface area (TPSA) is 33.4 Å². The third kappa shape index (κ3) is 3.13. The molecule has 1 aliphatic heterocycles. The van der Waals surface area contributed by atoms with Gasteiger partial charge in [-0.05, 0) is 37.4 Å². The van der Waals surface area contributed by atoms with Gasteiger partial charge in [0.05, 0.1) is 0 Å². The van der Waals surface area contributed by atoms with Crippen molar-refractivity contribution in [2.24, 2.45) is 0 Å². The van der Waals surface area contributed by atoms with Crippen LogP contribution in [0, 0.1) is 0 Å². The lowest BCUT2D eigenvalue weighted by Gasteiger charge is -2.33. The van der Waals surface area contributed by atoms with Crippen LogP contribution in [-0.2, 0) is 6.42 Å². The van der Waals surface area contributed by atoms with E-state index in [1.807, 2.05) is 18.6 Å². The van der Waals surface area contributed by atoms with Gasteiger partial charge in [0.1, 0.15) is 0 Å². The Morgan fingerprint density at radius 3 is 2.83 bits per heavy atom. The van der Waals surface area contributed by atoms with Crippen molar-refractivity contribution in [3.05, 3.63) is 66.2 Å². The van der Waals surface area contributed by atoms with Gasteiger partial charge in [-0.3, -0.25) is 4.40 Å². The number of imidazole rings is 1. The highest BCUT2D eigenvalue weighted by molar-refractivity contribution is 5.31. The molecule has 1 atom stereocenters. The van der Waals surface area contributed by atoms with Crippen molar-refractivity contribution in [1.82, 2.24) is 19.3 Å². The van der Waals surface area contributed by atoms with E-state index in [2.05, 4.69) is 55.7 Å². The minimum atomic E-state index is 0.569. The highest BCUT2D eigenvalue weighted by atomic mass is 15.1. The van der Waals surface area contributed by atoms with Gasteiger partial charge in [-0.2, -0.15) is 0 Å². The summed E-state index contributed by atoms with van der Waals surface area (Å²) < 4.78 is 2.14. The zero-order valence-electron chi connectivity index (χ0n) is 13.3. The second-order valence-corrected chi connectivity index (χ2v) is 6.34. The smallest absolute Gasteiger partial charge is 0.233 e. The van der Waals surface area contributed by atoms with Crippen LogP contribution in [0.4, 0.5) is 0 Å². The first kappa shape index (κ1) is 14.4. The Hall–Kier alpha value is -2.20. The summed E-state index contributed by atoms with van der Waals surface area (Å²) in [5.41, 5.74) is 2.77. The molecule has 0 N–H and O–H groups in total. The van der Waals surface area contributed by atoms with Gasteiger partial charge < -0.3 is 4.90 Å². The molecule has 1 fully saturated rings. The molecule has 2 aromatic heterocycles. The lowest BCUT2D eigenvalue weighted by atomic mass is 9.94. The van der Waals surface area contributed by atoms with Gasteiger partial charge in [-0.25, -0.2) is 9.97 Å². The van der Waals surface area contributed by atoms with Gasteiger partial charge in [-0.15, -0.1) is 0 Å². The zero-order valence-corrected chi connectivity index (χ0v) is 13.3. The van der Waals surface area contributed by atoms with Gasteiger partial charge in [0.15, 0.2) is 0 Å². The van der Waals surface area contributed by atoms with E-state index < -0.39 is 0 Å². The molecule has 23 heavy (non-hydrogen) atoms. The van der Waals surface area contributed by atoms with Crippen LogP contribution >= 0.6 is 0 Å². The van der Waals surface area contributed by atoms with Gasteiger partial charge in [0.25, 0.3) is 0 Å². The number of fused-ring (bicyclic) bond motifs is 1. The zero-order chi connectivity index (χ0) is 15.5. The largest absolute Gasteiger partial charge is 0.302 e. The summed E-state index contributed by atoms with van der Waals surface area (Å²) in [6.45, 7) is 3.48. The fraction of sp³-hybridized carbons (Fsp3) is 0.368. The van der Waals surface area contributed by atoms with Gasteiger partial charge >= 0.3 is 0 Å². The van der Waals surface area contributed by atoms with Crippen LogP contribution in [0.5, 0.6) is 0 Å². The van der Waals surface area contributed by atoms with Crippen molar-refractivity contribution in [2.45, 2.75) is 25.2 Å². The van der Waals surface area contributed by atoms with Crippen LogP contribution in [0.1, 0.15) is 30.0 Å². The maximum Gasteiger partial charge on any atom is 0.233 e. The Labute approximate surface area is 136 Å². The molecule has 0 radical (unpaired) electrons. The first-order chi connectivity index (χ1) is 11.4. The lowest BCUT2D eigenvalue weighted by Crippen LogP contribution is -2.36. The minimum Gasteiger partial charge on any atom is -0.302 e. The molecule has 118 valence electrons. The van der Waals surface area contributed by atoms with E-state index in [0.29, 0.717) is 5.92 Å². The number of piperidine rings is 1. The van der Waals surface area contributed by atoms with Gasteiger partial charge in [0.2, 0.25) is 5.78 Å². The van der Waals surface area contributed by atoms with Crippen LogP contribution < -0.4 is 0 Å². The third-order valence-electron chi connectivity index (χ3n) is 4.82. The van der Waals surface area contributed by atoms with Crippen LogP contribution in [0.2, 0.25) is 0 Å². The molecule has 1 aromatic carbocycles. The summed E-state index contributed by atoms with van der Waals surface area (Å²) >= 11 is 0. The average molecular weight is 306 g/mol. The quantitative estimate of drug-likeness (QED) is 0.742. The first-order valence-corrected chi connectivity index (χ1v) is 8.44. The molecule has 0 spiro atoms. The Bertz CT molecular complexity index is 765. The molecule has 0 amide bonds. The summed E-state index contributed by atoms with van der Waals surface area (Å²) in [4.78, 5) is 11.2. The van der Waals surface area contributed by atoms with Gasteiger partial charge in [-0.1, -0.05) is 30.3 Å². The summed E-state index contributed by atoms with van der Waals surface area (Å²) in [7, 11) is 0. The molecule has 4 nitrogen and oxygen atoms in total. The molecule has 0 unspecified atom stereocenters. The maximum atomic E-state index is 4.33. The van der Waals surface area contributed by atoms with Crippen molar-refractivity contribution in [3.8, 4) is 0 Å². The maximum absolute atomic E-state index is 4.33. The number of aromatic nitrogens is 3. The lowest BCUT2D eigenvalue weighted by molar-refractivity contribution is 0.208. The molecule has 3 aromatic rings. The number of benzene rings is 1. The second-order valence-electron chi connectivity index (χ2n) is 6.34. The fourth-order valence-corrected chi connectivity index (χ4v) is 3.62. The molecule has 4 rings (SSSR count). The van der Waals surface area contributed by atoms with Crippen LogP contribution in [0.25, 0.3) is 5.78 Å². The van der Waals surface area contributed by atoms with E-state index >= 15 is 0 Å². The van der Waals surface area contributed by atoms with E-state index in [9.17, 15) is 0 Å². The molecule has 1 saturated heterocycles. The Morgan fingerprint density at radius 2 is 1.91 bits per heavy atom. The number of rotatable bonds is 4. The highest BCUT2D eigenvalue weighted by Crippen LogP contribution is 2.27.